The van der Waals surface area contributed by atoms with Crippen LogP contribution in [0.25, 0.3) is 0 Å². The molecule has 1 N–H and O–H groups in total. The van der Waals surface area contributed by atoms with E-state index in [0.717, 1.165) is 31.6 Å². The summed E-state index contributed by atoms with van der Waals surface area (Å²) >= 11 is 0. The van der Waals surface area contributed by atoms with Crippen molar-refractivity contribution in [2.75, 3.05) is 11.9 Å². The third-order valence-electron chi connectivity index (χ3n) is 1.71. The summed E-state index contributed by atoms with van der Waals surface area (Å²) in [5, 5.41) is 10.6. The van der Waals surface area contributed by atoms with Crippen LogP contribution in [0.3, 0.4) is 0 Å². The molecule has 5 heteroatoms. The summed E-state index contributed by atoms with van der Waals surface area (Å²) in [5.74, 6) is 0.756. The molecule has 0 aromatic carbocycles. The molecule has 0 amide bonds. The minimum atomic E-state index is 0.407. The second-order valence-corrected chi connectivity index (χ2v) is 2.44. The predicted molar refractivity (Wildman–Crippen MR) is 38.5 cm³/mol. The Labute approximate surface area is 63.4 Å². The van der Waals surface area contributed by atoms with Gasteiger partial charge in [0, 0.05) is 13.1 Å². The highest BCUT2D eigenvalue weighted by Crippen LogP contribution is 2.14. The number of aromatic nitrogens is 3. The van der Waals surface area contributed by atoms with E-state index in [1.165, 1.54) is 0 Å². The first-order chi connectivity index (χ1) is 5.42. The van der Waals surface area contributed by atoms with Crippen molar-refractivity contribution >= 4 is 12.1 Å². The molecular weight excluding hydrogens is 144 g/mol. The molecule has 2 rings (SSSR count). The van der Waals surface area contributed by atoms with Gasteiger partial charge in [-0.15, -0.1) is 5.10 Å². The Morgan fingerprint density at radius 3 is 3.36 bits per heavy atom. The molecule has 5 nitrogen and oxygen atoms in total. The number of nitrogens with zero attached hydrogens (tertiary/aromatic N) is 3. The van der Waals surface area contributed by atoms with Gasteiger partial charge in [0.2, 0.25) is 0 Å². The summed E-state index contributed by atoms with van der Waals surface area (Å²) < 4.78 is 1.72. The molecule has 0 bridgehead atoms. The van der Waals surface area contributed by atoms with Crippen molar-refractivity contribution in [1.82, 2.24) is 15.0 Å². The molecule has 0 saturated carbocycles. The van der Waals surface area contributed by atoms with Crippen LogP contribution in [-0.2, 0) is 6.54 Å². The van der Waals surface area contributed by atoms with Crippen LogP contribution in [-0.4, -0.2) is 27.8 Å². The van der Waals surface area contributed by atoms with Crippen LogP contribution in [0, 0.1) is 0 Å². The smallest absolute Gasteiger partial charge is 0.174 e. The number of nitrogens with one attached hydrogen (secondary N) is 1. The zero-order valence-electron chi connectivity index (χ0n) is 5.95. The maximum atomic E-state index is 10.4. The van der Waals surface area contributed by atoms with Crippen molar-refractivity contribution in [3.8, 4) is 0 Å². The van der Waals surface area contributed by atoms with E-state index in [1.807, 2.05) is 0 Å². The second-order valence-electron chi connectivity index (χ2n) is 2.44. The summed E-state index contributed by atoms with van der Waals surface area (Å²) in [4.78, 5) is 10.4. The summed E-state index contributed by atoms with van der Waals surface area (Å²) in [6.07, 6.45) is 1.76. The molecule has 0 unspecified atom stereocenters. The molecule has 0 atom stereocenters. The lowest BCUT2D eigenvalue weighted by Crippen LogP contribution is -2.18. The minimum Gasteiger partial charge on any atom is -0.368 e. The van der Waals surface area contributed by atoms with Crippen molar-refractivity contribution < 1.29 is 4.79 Å². The van der Waals surface area contributed by atoms with Crippen LogP contribution in [0.4, 0.5) is 5.82 Å². The molecular formula is C6H8N4O. The fraction of sp³-hybridized carbons (Fsp3) is 0.500. The van der Waals surface area contributed by atoms with E-state index in [0.29, 0.717) is 5.69 Å². The lowest BCUT2D eigenvalue weighted by molar-refractivity contribution is 0.111. The first-order valence-corrected chi connectivity index (χ1v) is 3.54. The Hall–Kier alpha value is -1.39. The lowest BCUT2D eigenvalue weighted by Gasteiger charge is -2.13. The number of hydrogen-bond donors (Lipinski definition) is 1. The van der Waals surface area contributed by atoms with Crippen molar-refractivity contribution in [2.45, 2.75) is 13.0 Å². The van der Waals surface area contributed by atoms with Gasteiger partial charge in [-0.05, 0) is 6.42 Å². The maximum Gasteiger partial charge on any atom is 0.174 e. The Balaban J connectivity index is 2.45. The number of aryl methyl sites for hydroxylation is 1. The van der Waals surface area contributed by atoms with Gasteiger partial charge in [0.1, 0.15) is 0 Å². The highest BCUT2D eigenvalue weighted by molar-refractivity contribution is 5.79. The SMILES string of the molecule is O=Cc1nnn2c1NCCC2. The molecule has 0 spiro atoms. The Morgan fingerprint density at radius 1 is 1.64 bits per heavy atom. The number of hydrogen-bond acceptors (Lipinski definition) is 4. The average molecular weight is 152 g/mol. The van der Waals surface area contributed by atoms with Gasteiger partial charge in [0.05, 0.1) is 0 Å². The number of fused-ring (bicyclic) bond motifs is 1. The average Bonchev–Trinajstić information content (AvgIpc) is 2.47. The molecule has 2 heterocycles. The number of rotatable bonds is 1. The molecule has 1 aliphatic rings. The van der Waals surface area contributed by atoms with Gasteiger partial charge in [0.15, 0.2) is 17.8 Å². The maximum absolute atomic E-state index is 10.4. The van der Waals surface area contributed by atoms with E-state index in [9.17, 15) is 4.79 Å². The van der Waals surface area contributed by atoms with Crippen LogP contribution >= 0.6 is 0 Å². The summed E-state index contributed by atoms with van der Waals surface area (Å²) in [6, 6.07) is 0. The lowest BCUT2D eigenvalue weighted by atomic mass is 10.3. The van der Waals surface area contributed by atoms with Crippen LogP contribution in [0.2, 0.25) is 0 Å². The highest BCUT2D eigenvalue weighted by Gasteiger charge is 2.14. The third kappa shape index (κ3) is 0.886. The second kappa shape index (κ2) is 2.34. The number of carbonyl (C=O) groups is 1. The molecule has 0 aliphatic carbocycles. The molecule has 0 radical (unpaired) electrons. The topological polar surface area (TPSA) is 59.8 Å². The fourth-order valence-corrected chi connectivity index (χ4v) is 1.18. The zero-order valence-corrected chi connectivity index (χ0v) is 5.95. The van der Waals surface area contributed by atoms with E-state index in [-0.39, 0.29) is 0 Å². The van der Waals surface area contributed by atoms with Gasteiger partial charge >= 0.3 is 0 Å². The third-order valence-corrected chi connectivity index (χ3v) is 1.71. The van der Waals surface area contributed by atoms with E-state index in [2.05, 4.69) is 15.6 Å². The first-order valence-electron chi connectivity index (χ1n) is 3.54. The van der Waals surface area contributed by atoms with E-state index < -0.39 is 0 Å². The van der Waals surface area contributed by atoms with Gasteiger partial charge in [-0.3, -0.25) is 4.79 Å². The molecule has 58 valence electrons. The highest BCUT2D eigenvalue weighted by atomic mass is 16.1. The quantitative estimate of drug-likeness (QED) is 0.571. The van der Waals surface area contributed by atoms with Crippen LogP contribution in [0.5, 0.6) is 0 Å². The van der Waals surface area contributed by atoms with Crippen LogP contribution in [0.1, 0.15) is 16.9 Å². The molecule has 11 heavy (non-hydrogen) atoms. The van der Waals surface area contributed by atoms with E-state index >= 15 is 0 Å². The standard InChI is InChI=1S/C6H8N4O/c11-4-5-6-7-2-1-3-10(6)9-8-5/h4,7H,1-3H2. The van der Waals surface area contributed by atoms with E-state index in [1.54, 1.807) is 4.68 Å². The number of anilines is 1. The Morgan fingerprint density at radius 2 is 2.55 bits per heavy atom. The minimum absolute atomic E-state index is 0.407. The summed E-state index contributed by atoms with van der Waals surface area (Å²) in [6.45, 7) is 1.75. The van der Waals surface area contributed by atoms with Gasteiger partial charge in [-0.2, -0.15) is 0 Å². The molecule has 1 aromatic rings. The largest absolute Gasteiger partial charge is 0.368 e. The van der Waals surface area contributed by atoms with Crippen molar-refractivity contribution in [2.24, 2.45) is 0 Å². The Bertz CT molecular complexity index is 280. The zero-order chi connectivity index (χ0) is 7.68. The monoisotopic (exact) mass is 152 g/mol. The van der Waals surface area contributed by atoms with Gasteiger partial charge in [-0.1, -0.05) is 5.21 Å². The number of aldehydes is 1. The Kier molecular flexibility index (Phi) is 1.34. The van der Waals surface area contributed by atoms with Crippen LogP contribution in [0.15, 0.2) is 0 Å². The van der Waals surface area contributed by atoms with Crippen LogP contribution < -0.4 is 5.32 Å². The van der Waals surface area contributed by atoms with Crippen molar-refractivity contribution in [3.05, 3.63) is 5.69 Å². The van der Waals surface area contributed by atoms with Gasteiger partial charge in [-0.25, -0.2) is 4.68 Å². The predicted octanol–water partition coefficient (Wildman–Crippen LogP) is -0.0938. The molecule has 1 aromatic heterocycles. The number of carbonyl (C=O) groups excluding carboxylic acids is 1. The summed E-state index contributed by atoms with van der Waals surface area (Å²) in [7, 11) is 0. The van der Waals surface area contributed by atoms with E-state index in [4.69, 9.17) is 0 Å². The van der Waals surface area contributed by atoms with Crippen molar-refractivity contribution in [1.29, 1.82) is 0 Å². The van der Waals surface area contributed by atoms with Gasteiger partial charge in [0.25, 0.3) is 0 Å². The van der Waals surface area contributed by atoms with Crippen molar-refractivity contribution in [3.63, 3.8) is 0 Å². The normalized spacial score (nSPS) is 15.3. The summed E-state index contributed by atoms with van der Waals surface area (Å²) in [5.41, 5.74) is 0.407. The fourth-order valence-electron chi connectivity index (χ4n) is 1.18. The molecule has 0 fully saturated rings. The molecule has 1 aliphatic heterocycles. The molecule has 0 saturated heterocycles. The first kappa shape index (κ1) is 6.33. The van der Waals surface area contributed by atoms with Gasteiger partial charge < -0.3 is 5.32 Å².